The Morgan fingerprint density at radius 2 is 2.00 bits per heavy atom. The number of pyridine rings is 2. The molecule has 1 aliphatic heterocycles. The number of hydrogen-bond acceptors (Lipinski definition) is 5. The third-order valence-electron chi connectivity index (χ3n) is 6.18. The van der Waals surface area contributed by atoms with Crippen molar-refractivity contribution in [2.75, 3.05) is 13.1 Å². The summed E-state index contributed by atoms with van der Waals surface area (Å²) in [5.41, 5.74) is 3.26. The Labute approximate surface area is 192 Å². The van der Waals surface area contributed by atoms with Gasteiger partial charge in [0.15, 0.2) is 0 Å². The number of likely N-dealkylation sites (tertiary alicyclic amines) is 1. The summed E-state index contributed by atoms with van der Waals surface area (Å²) in [5.74, 6) is 0.281. The molecule has 2 atom stereocenters. The van der Waals surface area contributed by atoms with E-state index in [0.717, 1.165) is 48.6 Å². The van der Waals surface area contributed by atoms with Gasteiger partial charge in [0, 0.05) is 30.9 Å². The molecule has 32 heavy (non-hydrogen) atoms. The van der Waals surface area contributed by atoms with E-state index in [-0.39, 0.29) is 11.9 Å². The van der Waals surface area contributed by atoms with Crippen LogP contribution in [0, 0.1) is 5.92 Å². The number of nitrogens with zero attached hydrogens (tertiary/aromatic N) is 3. The van der Waals surface area contributed by atoms with Gasteiger partial charge >= 0.3 is 0 Å². The van der Waals surface area contributed by atoms with E-state index in [1.54, 1.807) is 0 Å². The third kappa shape index (κ3) is 4.56. The summed E-state index contributed by atoms with van der Waals surface area (Å²) in [6.07, 6.45) is 5.82. The maximum absolute atomic E-state index is 12.9. The SMILES string of the molecule is O=C(N[C@H](c1ccccn1)[C@H]1CCCN(Cc2cccc3ncccc23)C1)c1cccs1. The molecule has 4 heterocycles. The van der Waals surface area contributed by atoms with E-state index >= 15 is 0 Å². The standard InChI is InChI=1S/C26H26N4OS/c31-26(24-12-6-16-32-24)29-25(23-10-1-2-13-28-23)20-8-5-15-30(18-20)17-19-7-3-11-22-21(19)9-4-14-27-22/h1-4,6-7,9-14,16,20,25H,5,8,15,17-18H2,(H,29,31)/t20-,25-/m0/s1. The van der Waals surface area contributed by atoms with E-state index < -0.39 is 0 Å². The highest BCUT2D eigenvalue weighted by Gasteiger charge is 2.31. The predicted molar refractivity (Wildman–Crippen MR) is 129 cm³/mol. The van der Waals surface area contributed by atoms with Crippen molar-refractivity contribution in [2.24, 2.45) is 5.92 Å². The molecule has 3 aromatic heterocycles. The lowest BCUT2D eigenvalue weighted by Crippen LogP contribution is -2.43. The number of aromatic nitrogens is 2. The molecular formula is C26H26N4OS. The second kappa shape index (κ2) is 9.59. The van der Waals surface area contributed by atoms with E-state index in [4.69, 9.17) is 0 Å². The highest BCUT2D eigenvalue weighted by Crippen LogP contribution is 2.31. The number of carbonyl (C=O) groups is 1. The zero-order valence-corrected chi connectivity index (χ0v) is 18.7. The Morgan fingerprint density at radius 3 is 2.84 bits per heavy atom. The van der Waals surface area contributed by atoms with Crippen LogP contribution < -0.4 is 5.32 Å². The van der Waals surface area contributed by atoms with Gasteiger partial charge in [-0.15, -0.1) is 11.3 Å². The van der Waals surface area contributed by atoms with Crippen molar-refractivity contribution >= 4 is 28.1 Å². The van der Waals surface area contributed by atoms with Gasteiger partial charge in [-0.05, 0) is 66.6 Å². The summed E-state index contributed by atoms with van der Waals surface area (Å²) in [6, 6.07) is 20.1. The molecule has 162 valence electrons. The second-order valence-electron chi connectivity index (χ2n) is 8.31. The van der Waals surface area contributed by atoms with Crippen LogP contribution in [0.25, 0.3) is 10.9 Å². The topological polar surface area (TPSA) is 58.1 Å². The fourth-order valence-corrected chi connectivity index (χ4v) is 5.29. The van der Waals surface area contributed by atoms with Crippen molar-refractivity contribution < 1.29 is 4.79 Å². The molecule has 1 N–H and O–H groups in total. The molecule has 5 nitrogen and oxygen atoms in total. The number of carbonyl (C=O) groups excluding carboxylic acids is 1. The molecule has 0 radical (unpaired) electrons. The normalized spacial score (nSPS) is 17.8. The van der Waals surface area contributed by atoms with Gasteiger partial charge in [-0.1, -0.05) is 30.3 Å². The van der Waals surface area contributed by atoms with Crippen LogP contribution in [0.3, 0.4) is 0 Å². The van der Waals surface area contributed by atoms with Gasteiger partial charge in [0.05, 0.1) is 22.1 Å². The fourth-order valence-electron chi connectivity index (χ4n) is 4.67. The first-order valence-corrected chi connectivity index (χ1v) is 12.0. The number of rotatable bonds is 6. The lowest BCUT2D eigenvalue weighted by atomic mass is 9.88. The van der Waals surface area contributed by atoms with Crippen molar-refractivity contribution in [3.63, 3.8) is 0 Å². The summed E-state index contributed by atoms with van der Waals surface area (Å²) in [5, 5.41) is 6.44. The Bertz CT molecular complexity index is 1170. The molecule has 0 saturated carbocycles. The fraction of sp³-hybridized carbons (Fsp3) is 0.269. The second-order valence-corrected chi connectivity index (χ2v) is 9.26. The smallest absolute Gasteiger partial charge is 0.261 e. The van der Waals surface area contributed by atoms with Crippen molar-refractivity contribution in [2.45, 2.75) is 25.4 Å². The van der Waals surface area contributed by atoms with Gasteiger partial charge in [-0.25, -0.2) is 0 Å². The van der Waals surface area contributed by atoms with E-state index in [0.29, 0.717) is 5.92 Å². The molecule has 1 aromatic carbocycles. The van der Waals surface area contributed by atoms with Crippen LogP contribution in [-0.2, 0) is 6.54 Å². The van der Waals surface area contributed by atoms with E-state index in [1.807, 2.05) is 54.2 Å². The molecule has 1 aliphatic rings. The quantitative estimate of drug-likeness (QED) is 0.453. The lowest BCUT2D eigenvalue weighted by Gasteiger charge is -2.37. The predicted octanol–water partition coefficient (Wildman–Crippen LogP) is 5.07. The first-order chi connectivity index (χ1) is 15.8. The Hall–Kier alpha value is -3.09. The zero-order valence-electron chi connectivity index (χ0n) is 17.9. The number of nitrogens with one attached hydrogen (secondary N) is 1. The zero-order chi connectivity index (χ0) is 21.8. The van der Waals surface area contributed by atoms with Crippen LogP contribution in [-0.4, -0.2) is 33.9 Å². The van der Waals surface area contributed by atoms with Crippen LogP contribution in [0.4, 0.5) is 0 Å². The summed E-state index contributed by atoms with van der Waals surface area (Å²) in [7, 11) is 0. The molecule has 0 aliphatic carbocycles. The van der Waals surface area contributed by atoms with Crippen LogP contribution in [0.2, 0.25) is 0 Å². The van der Waals surface area contributed by atoms with Gasteiger partial charge in [0.2, 0.25) is 0 Å². The third-order valence-corrected chi connectivity index (χ3v) is 7.05. The molecule has 5 rings (SSSR count). The van der Waals surface area contributed by atoms with Crippen molar-refractivity contribution in [3.05, 3.63) is 94.6 Å². The minimum Gasteiger partial charge on any atom is -0.343 e. The first kappa shape index (κ1) is 20.8. The van der Waals surface area contributed by atoms with E-state index in [9.17, 15) is 4.79 Å². The number of hydrogen-bond donors (Lipinski definition) is 1. The Morgan fingerprint density at radius 1 is 1.06 bits per heavy atom. The number of thiophene rings is 1. The molecule has 0 bridgehead atoms. The maximum atomic E-state index is 12.9. The minimum absolute atomic E-state index is 0.0205. The lowest BCUT2D eigenvalue weighted by molar-refractivity contribution is 0.0879. The molecule has 4 aromatic rings. The van der Waals surface area contributed by atoms with Crippen molar-refractivity contribution in [3.8, 4) is 0 Å². The van der Waals surface area contributed by atoms with Gasteiger partial charge < -0.3 is 5.32 Å². The monoisotopic (exact) mass is 442 g/mol. The molecule has 1 saturated heterocycles. The Balaban J connectivity index is 1.36. The number of benzene rings is 1. The van der Waals surface area contributed by atoms with Crippen LogP contribution in [0.1, 0.15) is 39.8 Å². The molecular weight excluding hydrogens is 416 g/mol. The molecule has 1 amide bonds. The first-order valence-electron chi connectivity index (χ1n) is 11.1. The molecule has 1 fully saturated rings. The summed E-state index contributed by atoms with van der Waals surface area (Å²) in [6.45, 7) is 2.86. The average molecular weight is 443 g/mol. The molecule has 6 heteroatoms. The van der Waals surface area contributed by atoms with Gasteiger partial charge in [0.1, 0.15) is 0 Å². The largest absolute Gasteiger partial charge is 0.343 e. The van der Waals surface area contributed by atoms with Crippen LogP contribution >= 0.6 is 11.3 Å². The van der Waals surface area contributed by atoms with E-state index in [2.05, 4.69) is 44.5 Å². The molecule has 0 unspecified atom stereocenters. The van der Waals surface area contributed by atoms with Crippen LogP contribution in [0.15, 0.2) is 78.4 Å². The summed E-state index contributed by atoms with van der Waals surface area (Å²) >= 11 is 1.47. The highest BCUT2D eigenvalue weighted by molar-refractivity contribution is 7.12. The van der Waals surface area contributed by atoms with Gasteiger partial charge in [-0.2, -0.15) is 0 Å². The summed E-state index contributed by atoms with van der Waals surface area (Å²) < 4.78 is 0. The number of fused-ring (bicyclic) bond motifs is 1. The number of amides is 1. The van der Waals surface area contributed by atoms with Gasteiger partial charge in [-0.3, -0.25) is 19.7 Å². The van der Waals surface area contributed by atoms with E-state index in [1.165, 1.54) is 22.3 Å². The minimum atomic E-state index is -0.109. The van der Waals surface area contributed by atoms with Crippen molar-refractivity contribution in [1.29, 1.82) is 0 Å². The Kier molecular flexibility index (Phi) is 6.23. The maximum Gasteiger partial charge on any atom is 0.261 e. The average Bonchev–Trinajstić information content (AvgIpc) is 3.39. The number of piperidine rings is 1. The summed E-state index contributed by atoms with van der Waals surface area (Å²) in [4.78, 5) is 25.2. The molecule has 0 spiro atoms. The van der Waals surface area contributed by atoms with Gasteiger partial charge in [0.25, 0.3) is 5.91 Å². The van der Waals surface area contributed by atoms with Crippen LogP contribution in [0.5, 0.6) is 0 Å². The highest BCUT2D eigenvalue weighted by atomic mass is 32.1. The van der Waals surface area contributed by atoms with Crippen molar-refractivity contribution in [1.82, 2.24) is 20.2 Å².